The van der Waals surface area contributed by atoms with Crippen LogP contribution in [-0.2, 0) is 0 Å². The van der Waals surface area contributed by atoms with Gasteiger partial charge >= 0.3 is 0 Å². The minimum absolute atomic E-state index is 0.325. The molecule has 94 valence electrons. The van der Waals surface area contributed by atoms with Crippen LogP contribution in [0.15, 0.2) is 47.4 Å². The lowest BCUT2D eigenvalue weighted by Crippen LogP contribution is -1.88. The molecule has 1 rings (SSSR count). The third-order valence-electron chi connectivity index (χ3n) is 2.56. The Morgan fingerprint density at radius 1 is 1.33 bits per heavy atom. The van der Waals surface area contributed by atoms with Crippen LogP contribution in [0.4, 0.5) is 4.39 Å². The van der Waals surface area contributed by atoms with E-state index in [4.69, 9.17) is 0 Å². The second-order valence-electron chi connectivity index (χ2n) is 4.43. The van der Waals surface area contributed by atoms with Gasteiger partial charge in [-0.3, -0.25) is 4.99 Å². The first kappa shape index (κ1) is 14.1. The Morgan fingerprint density at radius 3 is 2.56 bits per heavy atom. The molecule has 0 unspecified atom stereocenters. The summed E-state index contributed by atoms with van der Waals surface area (Å²) >= 11 is 0. The average molecular weight is 243 g/mol. The molecule has 0 aromatic heterocycles. The highest BCUT2D eigenvalue weighted by Gasteiger charge is 2.06. The van der Waals surface area contributed by atoms with E-state index >= 15 is 0 Å². The standard InChI is InChI=1S/C16H18FN/c1-11(2)8-15-9-14(7-6-12(15)3)13(4)16(17)10-18-5/h6-10H,4-5H2,1-3H3/b16-10+. The van der Waals surface area contributed by atoms with Crippen molar-refractivity contribution in [2.75, 3.05) is 0 Å². The van der Waals surface area contributed by atoms with Gasteiger partial charge in [-0.25, -0.2) is 4.39 Å². The quantitative estimate of drug-likeness (QED) is 0.524. The SMILES string of the molecule is C=N/C=C(/F)C(=C)c1ccc(C)c(C=C(C)C)c1. The van der Waals surface area contributed by atoms with Crippen molar-refractivity contribution in [1.29, 1.82) is 0 Å². The van der Waals surface area contributed by atoms with Crippen LogP contribution in [0.1, 0.15) is 30.5 Å². The highest BCUT2D eigenvalue weighted by molar-refractivity contribution is 5.77. The zero-order valence-corrected chi connectivity index (χ0v) is 11.1. The van der Waals surface area contributed by atoms with Crippen molar-refractivity contribution in [3.8, 4) is 0 Å². The Kier molecular flexibility index (Phi) is 4.78. The molecule has 0 saturated heterocycles. The molecule has 0 radical (unpaired) electrons. The van der Waals surface area contributed by atoms with Crippen LogP contribution in [0.3, 0.4) is 0 Å². The van der Waals surface area contributed by atoms with E-state index in [9.17, 15) is 4.39 Å². The van der Waals surface area contributed by atoms with Crippen LogP contribution in [-0.4, -0.2) is 6.72 Å². The van der Waals surface area contributed by atoms with Crippen molar-refractivity contribution in [3.63, 3.8) is 0 Å². The number of benzene rings is 1. The van der Waals surface area contributed by atoms with Crippen LogP contribution in [0.25, 0.3) is 11.6 Å². The van der Waals surface area contributed by atoms with Gasteiger partial charge in [0.05, 0.1) is 6.20 Å². The molecule has 0 spiro atoms. The summed E-state index contributed by atoms with van der Waals surface area (Å²) in [5, 5.41) is 0. The van der Waals surface area contributed by atoms with Gasteiger partial charge in [0, 0.05) is 5.57 Å². The van der Waals surface area contributed by atoms with Gasteiger partial charge in [0.15, 0.2) is 0 Å². The smallest absolute Gasteiger partial charge is 0.148 e. The van der Waals surface area contributed by atoms with Gasteiger partial charge in [-0.05, 0) is 50.2 Å². The van der Waals surface area contributed by atoms with Crippen molar-refractivity contribution in [2.24, 2.45) is 4.99 Å². The van der Waals surface area contributed by atoms with E-state index in [0.29, 0.717) is 5.57 Å². The summed E-state index contributed by atoms with van der Waals surface area (Å²) < 4.78 is 13.6. The lowest BCUT2D eigenvalue weighted by atomic mass is 9.99. The molecule has 0 aliphatic heterocycles. The maximum atomic E-state index is 13.6. The van der Waals surface area contributed by atoms with Crippen LogP contribution in [0.2, 0.25) is 0 Å². The predicted molar refractivity (Wildman–Crippen MR) is 78.3 cm³/mol. The summed E-state index contributed by atoms with van der Waals surface area (Å²) in [7, 11) is 0. The molecule has 2 heteroatoms. The Hall–Kier alpha value is -1.96. The molecule has 0 N–H and O–H groups in total. The van der Waals surface area contributed by atoms with E-state index < -0.39 is 5.83 Å². The first-order valence-electron chi connectivity index (χ1n) is 5.72. The molecule has 1 nitrogen and oxygen atoms in total. The number of aliphatic imine (C=N–C) groups is 1. The Bertz CT molecular complexity index is 532. The predicted octanol–water partition coefficient (Wildman–Crippen LogP) is 4.94. The van der Waals surface area contributed by atoms with Crippen molar-refractivity contribution < 1.29 is 4.39 Å². The molecule has 0 fully saturated rings. The molecule has 0 bridgehead atoms. The molecule has 0 aliphatic rings. The number of halogens is 1. The first-order valence-corrected chi connectivity index (χ1v) is 5.72. The van der Waals surface area contributed by atoms with Crippen LogP contribution in [0, 0.1) is 6.92 Å². The first-order chi connectivity index (χ1) is 8.45. The maximum Gasteiger partial charge on any atom is 0.148 e. The number of rotatable bonds is 4. The fraction of sp³-hybridized carbons (Fsp3) is 0.188. The van der Waals surface area contributed by atoms with Crippen molar-refractivity contribution >= 4 is 18.4 Å². The van der Waals surface area contributed by atoms with E-state index in [1.165, 1.54) is 5.57 Å². The van der Waals surface area contributed by atoms with Gasteiger partial charge in [0.1, 0.15) is 5.83 Å². The summed E-state index contributed by atoms with van der Waals surface area (Å²) in [4.78, 5) is 3.41. The minimum Gasteiger partial charge on any atom is -0.269 e. The van der Waals surface area contributed by atoms with Crippen LogP contribution < -0.4 is 0 Å². The maximum absolute atomic E-state index is 13.6. The third kappa shape index (κ3) is 3.52. The van der Waals surface area contributed by atoms with Crippen molar-refractivity contribution in [2.45, 2.75) is 20.8 Å². The van der Waals surface area contributed by atoms with E-state index in [-0.39, 0.29) is 0 Å². The topological polar surface area (TPSA) is 12.4 Å². The number of allylic oxidation sites excluding steroid dienone is 3. The van der Waals surface area contributed by atoms with Gasteiger partial charge in [0.2, 0.25) is 0 Å². The number of hydrogen-bond acceptors (Lipinski definition) is 1. The minimum atomic E-state index is -0.461. The average Bonchev–Trinajstić information content (AvgIpc) is 2.31. The second kappa shape index (κ2) is 6.10. The normalized spacial score (nSPS) is 11.0. The van der Waals surface area contributed by atoms with E-state index in [2.05, 4.69) is 24.4 Å². The van der Waals surface area contributed by atoms with Gasteiger partial charge < -0.3 is 0 Å². The molecule has 0 atom stereocenters. The molecule has 1 aromatic rings. The number of nitrogens with zero attached hydrogens (tertiary/aromatic N) is 1. The second-order valence-corrected chi connectivity index (χ2v) is 4.43. The largest absolute Gasteiger partial charge is 0.269 e. The molecule has 0 amide bonds. The van der Waals surface area contributed by atoms with Gasteiger partial charge in [-0.1, -0.05) is 30.4 Å². The van der Waals surface area contributed by atoms with E-state index in [1.807, 2.05) is 39.0 Å². The molecule has 0 aliphatic carbocycles. The number of aryl methyl sites for hydroxylation is 1. The molecular weight excluding hydrogens is 225 g/mol. The van der Waals surface area contributed by atoms with Crippen molar-refractivity contribution in [1.82, 2.24) is 0 Å². The highest BCUT2D eigenvalue weighted by atomic mass is 19.1. The molecule has 0 saturated carbocycles. The Balaban J connectivity index is 3.20. The zero-order chi connectivity index (χ0) is 13.7. The molecule has 1 aromatic carbocycles. The lowest BCUT2D eigenvalue weighted by Gasteiger charge is -2.07. The summed E-state index contributed by atoms with van der Waals surface area (Å²) in [6.07, 6.45) is 3.14. The van der Waals surface area contributed by atoms with Gasteiger partial charge in [-0.15, -0.1) is 0 Å². The van der Waals surface area contributed by atoms with Gasteiger partial charge in [-0.2, -0.15) is 0 Å². The van der Waals surface area contributed by atoms with Crippen LogP contribution in [0.5, 0.6) is 0 Å². The Labute approximate surface area is 108 Å². The highest BCUT2D eigenvalue weighted by Crippen LogP contribution is 2.25. The monoisotopic (exact) mass is 243 g/mol. The zero-order valence-electron chi connectivity index (χ0n) is 11.1. The van der Waals surface area contributed by atoms with Gasteiger partial charge in [0.25, 0.3) is 0 Å². The molecule has 0 heterocycles. The molecular formula is C16H18FN. The van der Waals surface area contributed by atoms with Crippen LogP contribution >= 0.6 is 0 Å². The third-order valence-corrected chi connectivity index (χ3v) is 2.56. The lowest BCUT2D eigenvalue weighted by molar-refractivity contribution is 0.671. The van der Waals surface area contributed by atoms with Crippen molar-refractivity contribution in [3.05, 3.63) is 59.1 Å². The van der Waals surface area contributed by atoms with E-state index in [0.717, 1.165) is 22.9 Å². The number of hydrogen-bond donors (Lipinski definition) is 0. The molecule has 18 heavy (non-hydrogen) atoms. The Morgan fingerprint density at radius 2 is 2.00 bits per heavy atom. The summed E-state index contributed by atoms with van der Waals surface area (Å²) in [6.45, 7) is 13.1. The summed E-state index contributed by atoms with van der Waals surface area (Å²) in [6, 6.07) is 5.75. The fourth-order valence-corrected chi connectivity index (χ4v) is 1.59. The summed E-state index contributed by atoms with van der Waals surface area (Å²) in [5.74, 6) is -0.461. The summed E-state index contributed by atoms with van der Waals surface area (Å²) in [5.41, 5.74) is 4.51. The fourth-order valence-electron chi connectivity index (χ4n) is 1.59. The van der Waals surface area contributed by atoms with E-state index in [1.54, 1.807) is 0 Å².